The smallest absolute Gasteiger partial charge is 0.181 e. The molecule has 0 aliphatic rings. The fourth-order valence-electron chi connectivity index (χ4n) is 2.36. The molecule has 0 spiro atoms. The molecule has 3 nitrogen and oxygen atoms in total. The minimum Gasteiger partial charge on any atom is -0.292 e. The van der Waals surface area contributed by atoms with Gasteiger partial charge in [0, 0.05) is 34.8 Å². The van der Waals surface area contributed by atoms with Crippen LogP contribution in [0.1, 0.15) is 30.3 Å². The van der Waals surface area contributed by atoms with Crippen molar-refractivity contribution >= 4 is 28.2 Å². The zero-order valence-electron chi connectivity index (χ0n) is 12.2. The second-order valence-corrected chi connectivity index (χ2v) is 5.54. The highest BCUT2D eigenvalue weighted by Gasteiger charge is 2.08. The number of carbonyl (C=O) groups is 1. The van der Waals surface area contributed by atoms with Crippen LogP contribution < -0.4 is 0 Å². The third kappa shape index (κ3) is 2.85. The van der Waals surface area contributed by atoms with E-state index in [4.69, 9.17) is 11.6 Å². The summed E-state index contributed by atoms with van der Waals surface area (Å²) in [5.74, 6) is 0.0762. The Labute approximate surface area is 134 Å². The summed E-state index contributed by atoms with van der Waals surface area (Å²) in [7, 11) is 0. The number of halogens is 1. The molecule has 0 N–H and O–H groups in total. The summed E-state index contributed by atoms with van der Waals surface area (Å²) in [6, 6.07) is 11.4. The van der Waals surface area contributed by atoms with Gasteiger partial charge in [0.2, 0.25) is 0 Å². The Morgan fingerprint density at radius 3 is 2.73 bits per heavy atom. The molecule has 4 heteroatoms. The molecule has 0 saturated carbocycles. The van der Waals surface area contributed by atoms with Crippen LogP contribution in [0, 0.1) is 0 Å². The number of nitrogens with zero attached hydrogens (tertiary/aromatic N) is 2. The Morgan fingerprint density at radius 1 is 1.14 bits per heavy atom. The molecular weight excluding hydrogens is 296 g/mol. The van der Waals surface area contributed by atoms with Crippen LogP contribution in [-0.4, -0.2) is 15.8 Å². The van der Waals surface area contributed by atoms with Gasteiger partial charge < -0.3 is 0 Å². The molecule has 0 aliphatic heterocycles. The van der Waals surface area contributed by atoms with E-state index in [9.17, 15) is 4.79 Å². The lowest BCUT2D eigenvalue weighted by Crippen LogP contribution is -2.01. The minimum atomic E-state index is 0.0762. The molecule has 22 heavy (non-hydrogen) atoms. The summed E-state index contributed by atoms with van der Waals surface area (Å²) in [4.78, 5) is 20.5. The molecule has 0 aliphatic carbocycles. The molecule has 2 aromatic heterocycles. The number of hydrogen-bond acceptors (Lipinski definition) is 3. The van der Waals surface area contributed by atoms with Crippen molar-refractivity contribution < 1.29 is 4.79 Å². The first-order chi connectivity index (χ1) is 10.7. The minimum absolute atomic E-state index is 0.0762. The molecule has 0 bridgehead atoms. The SMILES string of the molecule is CCCC(=O)c1ccc(-c2cc3cccc(Cl)c3cn2)cn1. The number of Topliss-reactive ketones (excluding diaryl/α,β-unsaturated/α-hetero) is 1. The summed E-state index contributed by atoms with van der Waals surface area (Å²) in [5, 5.41) is 2.65. The zero-order chi connectivity index (χ0) is 15.5. The lowest BCUT2D eigenvalue weighted by molar-refractivity contribution is 0.0977. The van der Waals surface area contributed by atoms with E-state index in [1.54, 1.807) is 18.5 Å². The zero-order valence-corrected chi connectivity index (χ0v) is 13.0. The number of benzene rings is 1. The van der Waals surface area contributed by atoms with Crippen LogP contribution in [0.25, 0.3) is 22.0 Å². The van der Waals surface area contributed by atoms with Gasteiger partial charge in [-0.15, -0.1) is 0 Å². The first-order valence-electron chi connectivity index (χ1n) is 7.23. The monoisotopic (exact) mass is 310 g/mol. The van der Waals surface area contributed by atoms with E-state index in [0.29, 0.717) is 17.1 Å². The fraction of sp³-hybridized carbons (Fsp3) is 0.167. The standard InChI is InChI=1S/C18H15ClN2O/c1-2-4-18(22)16-8-7-13(10-20-16)17-9-12-5-3-6-15(19)14(12)11-21-17/h3,5-11H,2,4H2,1H3. The van der Waals surface area contributed by atoms with Crippen LogP contribution in [-0.2, 0) is 0 Å². The van der Waals surface area contributed by atoms with Crippen molar-refractivity contribution in [1.29, 1.82) is 0 Å². The van der Waals surface area contributed by atoms with Crippen molar-refractivity contribution in [2.24, 2.45) is 0 Å². The summed E-state index contributed by atoms with van der Waals surface area (Å²) in [5.41, 5.74) is 2.21. The molecule has 0 radical (unpaired) electrons. The van der Waals surface area contributed by atoms with Crippen LogP contribution in [0.3, 0.4) is 0 Å². The van der Waals surface area contributed by atoms with Gasteiger partial charge in [-0.25, -0.2) is 0 Å². The quantitative estimate of drug-likeness (QED) is 0.641. The molecule has 1 aromatic carbocycles. The van der Waals surface area contributed by atoms with E-state index >= 15 is 0 Å². The number of carbonyl (C=O) groups excluding carboxylic acids is 1. The number of fused-ring (bicyclic) bond motifs is 1. The van der Waals surface area contributed by atoms with Crippen LogP contribution in [0.15, 0.2) is 48.8 Å². The first-order valence-corrected chi connectivity index (χ1v) is 7.60. The summed E-state index contributed by atoms with van der Waals surface area (Å²) < 4.78 is 0. The van der Waals surface area contributed by atoms with Gasteiger partial charge in [-0.3, -0.25) is 14.8 Å². The highest BCUT2D eigenvalue weighted by molar-refractivity contribution is 6.35. The Morgan fingerprint density at radius 2 is 2.00 bits per heavy atom. The van der Waals surface area contributed by atoms with E-state index in [2.05, 4.69) is 9.97 Å². The van der Waals surface area contributed by atoms with E-state index in [-0.39, 0.29) is 5.78 Å². The van der Waals surface area contributed by atoms with Gasteiger partial charge in [-0.05, 0) is 36.1 Å². The number of ketones is 1. The average Bonchev–Trinajstić information content (AvgIpc) is 2.55. The molecule has 0 amide bonds. The number of pyridine rings is 2. The predicted octanol–water partition coefficient (Wildman–Crippen LogP) is 4.93. The molecule has 0 fully saturated rings. The molecular formula is C18H15ClN2O. The summed E-state index contributed by atoms with van der Waals surface area (Å²) in [6.45, 7) is 1.98. The van der Waals surface area contributed by atoms with Crippen molar-refractivity contribution in [2.75, 3.05) is 0 Å². The normalized spacial score (nSPS) is 10.8. The molecule has 110 valence electrons. The largest absolute Gasteiger partial charge is 0.292 e. The van der Waals surface area contributed by atoms with Crippen molar-refractivity contribution in [3.8, 4) is 11.3 Å². The number of rotatable bonds is 4. The number of hydrogen-bond donors (Lipinski definition) is 0. The van der Waals surface area contributed by atoms with Gasteiger partial charge in [0.25, 0.3) is 0 Å². The molecule has 0 saturated heterocycles. The second kappa shape index (κ2) is 6.24. The van der Waals surface area contributed by atoms with Crippen LogP contribution in [0.2, 0.25) is 5.02 Å². The van der Waals surface area contributed by atoms with Gasteiger partial charge in [0.05, 0.1) is 5.69 Å². The van der Waals surface area contributed by atoms with Crippen LogP contribution in [0.4, 0.5) is 0 Å². The third-order valence-corrected chi connectivity index (χ3v) is 3.86. The van der Waals surface area contributed by atoms with E-state index in [0.717, 1.165) is 28.5 Å². The molecule has 3 rings (SSSR count). The third-order valence-electron chi connectivity index (χ3n) is 3.53. The Balaban J connectivity index is 1.95. The van der Waals surface area contributed by atoms with Crippen molar-refractivity contribution in [3.63, 3.8) is 0 Å². The van der Waals surface area contributed by atoms with Gasteiger partial charge in [0.15, 0.2) is 5.78 Å². The highest BCUT2D eigenvalue weighted by Crippen LogP contribution is 2.26. The molecule has 2 heterocycles. The fourth-order valence-corrected chi connectivity index (χ4v) is 2.59. The van der Waals surface area contributed by atoms with Gasteiger partial charge in [-0.1, -0.05) is 30.7 Å². The lowest BCUT2D eigenvalue weighted by Gasteiger charge is -2.05. The number of aromatic nitrogens is 2. The maximum Gasteiger partial charge on any atom is 0.181 e. The first kappa shape index (κ1) is 14.7. The van der Waals surface area contributed by atoms with E-state index in [1.165, 1.54) is 0 Å². The summed E-state index contributed by atoms with van der Waals surface area (Å²) in [6.07, 6.45) is 4.82. The molecule has 0 atom stereocenters. The van der Waals surface area contributed by atoms with Crippen molar-refractivity contribution in [1.82, 2.24) is 9.97 Å². The van der Waals surface area contributed by atoms with Crippen molar-refractivity contribution in [2.45, 2.75) is 19.8 Å². The van der Waals surface area contributed by atoms with E-state index in [1.807, 2.05) is 37.3 Å². The van der Waals surface area contributed by atoms with Gasteiger partial charge in [-0.2, -0.15) is 0 Å². The summed E-state index contributed by atoms with van der Waals surface area (Å²) >= 11 is 6.15. The molecule has 0 unspecified atom stereocenters. The molecule has 3 aromatic rings. The van der Waals surface area contributed by atoms with Gasteiger partial charge in [0.1, 0.15) is 5.69 Å². The second-order valence-electron chi connectivity index (χ2n) is 5.14. The predicted molar refractivity (Wildman–Crippen MR) is 89.2 cm³/mol. The average molecular weight is 311 g/mol. The van der Waals surface area contributed by atoms with Gasteiger partial charge >= 0.3 is 0 Å². The van der Waals surface area contributed by atoms with E-state index < -0.39 is 0 Å². The maximum atomic E-state index is 11.8. The Bertz CT molecular complexity index is 828. The van der Waals surface area contributed by atoms with Crippen molar-refractivity contribution in [3.05, 3.63) is 59.5 Å². The Hall–Kier alpha value is -2.26. The highest BCUT2D eigenvalue weighted by atomic mass is 35.5. The maximum absolute atomic E-state index is 11.8. The topological polar surface area (TPSA) is 42.9 Å². The lowest BCUT2D eigenvalue weighted by atomic mass is 10.1. The van der Waals surface area contributed by atoms with Crippen LogP contribution >= 0.6 is 11.6 Å². The Kier molecular flexibility index (Phi) is 4.16. The van der Waals surface area contributed by atoms with Crippen LogP contribution in [0.5, 0.6) is 0 Å².